The Kier molecular flexibility index (Phi) is 7.53. The highest BCUT2D eigenvalue weighted by atomic mass is 32.2. The van der Waals surface area contributed by atoms with Gasteiger partial charge in [-0.25, -0.2) is 0 Å². The lowest BCUT2D eigenvalue weighted by atomic mass is 9.69. The van der Waals surface area contributed by atoms with Crippen LogP contribution in [0.1, 0.15) is 49.6 Å². The fraction of sp³-hybridized carbons (Fsp3) is 0.462. The number of nitrogens with one attached hydrogen (secondary N) is 1. The first-order valence-electron chi connectivity index (χ1n) is 11.8. The molecule has 1 aliphatic carbocycles. The second-order valence-corrected chi connectivity index (χ2v) is 11.6. The van der Waals surface area contributed by atoms with E-state index in [0.29, 0.717) is 27.5 Å². The predicted molar refractivity (Wildman–Crippen MR) is 141 cm³/mol. The van der Waals surface area contributed by atoms with Crippen LogP contribution in [0, 0.1) is 22.7 Å². The monoisotopic (exact) mass is 509 g/mol. The topological polar surface area (TPSA) is 92.8 Å². The number of anilines is 1. The summed E-state index contributed by atoms with van der Waals surface area (Å²) in [6, 6.07) is 9.97. The van der Waals surface area contributed by atoms with Gasteiger partial charge in [0.15, 0.2) is 11.0 Å². The molecule has 0 aliphatic heterocycles. The van der Waals surface area contributed by atoms with Crippen molar-refractivity contribution in [1.29, 1.82) is 5.26 Å². The molecule has 1 aliphatic rings. The molecule has 1 aromatic carbocycles. The summed E-state index contributed by atoms with van der Waals surface area (Å²) in [5.74, 6) is 2.08. The van der Waals surface area contributed by atoms with Crippen molar-refractivity contribution in [3.63, 3.8) is 0 Å². The number of ether oxygens (including phenoxy) is 1. The first kappa shape index (κ1) is 25.3. The first-order chi connectivity index (χ1) is 16.8. The van der Waals surface area contributed by atoms with Gasteiger partial charge >= 0.3 is 0 Å². The molecule has 0 spiro atoms. The zero-order chi connectivity index (χ0) is 25.2. The van der Waals surface area contributed by atoms with Gasteiger partial charge in [0.1, 0.15) is 16.8 Å². The van der Waals surface area contributed by atoms with Gasteiger partial charge in [-0.3, -0.25) is 4.79 Å². The Bertz CT molecular complexity index is 1270. The first-order valence-corrected chi connectivity index (χ1v) is 13.6. The molecule has 2 heterocycles. The molecular weight excluding hydrogens is 478 g/mol. The van der Waals surface area contributed by atoms with Gasteiger partial charge in [0, 0.05) is 17.5 Å². The van der Waals surface area contributed by atoms with Crippen molar-refractivity contribution in [1.82, 2.24) is 14.8 Å². The lowest BCUT2D eigenvalue weighted by Crippen LogP contribution is -2.28. The van der Waals surface area contributed by atoms with Crippen LogP contribution in [0.4, 0.5) is 5.00 Å². The maximum Gasteiger partial charge on any atom is 0.235 e. The van der Waals surface area contributed by atoms with E-state index in [2.05, 4.69) is 42.4 Å². The number of rotatable bonds is 8. The minimum Gasteiger partial charge on any atom is -0.497 e. The van der Waals surface area contributed by atoms with E-state index < -0.39 is 0 Å². The van der Waals surface area contributed by atoms with Gasteiger partial charge in [0.05, 0.1) is 18.4 Å². The average molecular weight is 510 g/mol. The number of aromatic nitrogens is 3. The number of hydrogen-bond donors (Lipinski definition) is 1. The SMILES string of the molecule is CCC(C)(C)C1CCc2c(sc(NC(=O)CSc3nnc(-c4cccc(OC)c4)n3C)c2C#N)C1. The molecule has 2 aromatic heterocycles. The highest BCUT2D eigenvalue weighted by Crippen LogP contribution is 2.45. The Balaban J connectivity index is 1.43. The molecular formula is C26H31N5O2S2. The highest BCUT2D eigenvalue weighted by Gasteiger charge is 2.34. The quantitative estimate of drug-likeness (QED) is 0.392. The normalized spacial score (nSPS) is 15.4. The van der Waals surface area contributed by atoms with Crippen LogP contribution in [-0.2, 0) is 24.7 Å². The van der Waals surface area contributed by atoms with Crippen LogP contribution in [0.2, 0.25) is 0 Å². The molecule has 1 unspecified atom stereocenters. The lowest BCUT2D eigenvalue weighted by molar-refractivity contribution is -0.113. The number of benzene rings is 1. The molecule has 0 radical (unpaired) electrons. The van der Waals surface area contributed by atoms with E-state index in [1.54, 1.807) is 18.4 Å². The van der Waals surface area contributed by atoms with Crippen molar-refractivity contribution in [2.45, 2.75) is 51.6 Å². The molecule has 9 heteroatoms. The van der Waals surface area contributed by atoms with Crippen LogP contribution in [0.5, 0.6) is 5.75 Å². The third-order valence-electron chi connectivity index (χ3n) is 7.14. The van der Waals surface area contributed by atoms with E-state index in [0.717, 1.165) is 42.6 Å². The maximum absolute atomic E-state index is 12.8. The summed E-state index contributed by atoms with van der Waals surface area (Å²) in [5.41, 5.74) is 2.92. The standard InChI is InChI=1S/C26H31N5O2S2/c1-6-26(2,3)17-10-11-19-20(14-27)24(35-21(19)13-17)28-22(32)15-34-25-30-29-23(31(25)4)16-8-7-9-18(12-16)33-5/h7-9,12,17H,6,10-11,13,15H2,1-5H3,(H,28,32). The second kappa shape index (κ2) is 10.4. The van der Waals surface area contributed by atoms with Gasteiger partial charge in [0.25, 0.3) is 0 Å². The third kappa shape index (κ3) is 5.24. The minimum atomic E-state index is -0.151. The van der Waals surface area contributed by atoms with Crippen LogP contribution in [0.15, 0.2) is 29.4 Å². The van der Waals surface area contributed by atoms with Crippen molar-refractivity contribution in [3.05, 3.63) is 40.3 Å². The minimum absolute atomic E-state index is 0.151. The number of thioether (sulfide) groups is 1. The third-order valence-corrected chi connectivity index (χ3v) is 9.33. The highest BCUT2D eigenvalue weighted by molar-refractivity contribution is 7.99. The summed E-state index contributed by atoms with van der Waals surface area (Å²) < 4.78 is 7.17. The number of carbonyl (C=O) groups is 1. The molecule has 7 nitrogen and oxygen atoms in total. The second-order valence-electron chi connectivity index (χ2n) is 9.54. The van der Waals surface area contributed by atoms with Gasteiger partial charge in [-0.2, -0.15) is 5.26 Å². The number of fused-ring (bicyclic) bond motifs is 1. The number of amides is 1. The van der Waals surface area contributed by atoms with E-state index in [1.165, 1.54) is 16.6 Å². The zero-order valence-corrected chi connectivity index (χ0v) is 22.5. The molecule has 184 valence electrons. The smallest absolute Gasteiger partial charge is 0.235 e. The zero-order valence-electron chi connectivity index (χ0n) is 20.8. The molecule has 3 aromatic rings. The number of nitriles is 1. The summed E-state index contributed by atoms with van der Waals surface area (Å²) in [6.07, 6.45) is 4.10. The molecule has 35 heavy (non-hydrogen) atoms. The molecule has 0 bridgehead atoms. The Morgan fingerprint density at radius 2 is 2.20 bits per heavy atom. The summed E-state index contributed by atoms with van der Waals surface area (Å²) >= 11 is 2.89. The molecule has 1 N–H and O–H groups in total. The average Bonchev–Trinajstić information content (AvgIpc) is 3.41. The van der Waals surface area contributed by atoms with Crippen LogP contribution in [0.3, 0.4) is 0 Å². The van der Waals surface area contributed by atoms with Gasteiger partial charge in [-0.15, -0.1) is 21.5 Å². The van der Waals surface area contributed by atoms with Crippen LogP contribution >= 0.6 is 23.1 Å². The summed E-state index contributed by atoms with van der Waals surface area (Å²) in [4.78, 5) is 14.0. The molecule has 0 saturated carbocycles. The number of nitrogens with zero attached hydrogens (tertiary/aromatic N) is 4. The summed E-state index contributed by atoms with van der Waals surface area (Å²) in [5, 5.41) is 22.7. The number of carbonyl (C=O) groups excluding carboxylic acids is 1. The lowest BCUT2D eigenvalue weighted by Gasteiger charge is -2.36. The van der Waals surface area contributed by atoms with Crippen molar-refractivity contribution in [2.75, 3.05) is 18.2 Å². The molecule has 0 saturated heterocycles. The van der Waals surface area contributed by atoms with Crippen molar-refractivity contribution < 1.29 is 9.53 Å². The predicted octanol–water partition coefficient (Wildman–Crippen LogP) is 5.70. The number of thiophene rings is 1. The van der Waals surface area contributed by atoms with Crippen molar-refractivity contribution >= 4 is 34.0 Å². The number of methoxy groups -OCH3 is 1. The van der Waals surface area contributed by atoms with E-state index in [1.807, 2.05) is 35.9 Å². The van der Waals surface area contributed by atoms with E-state index in [9.17, 15) is 10.1 Å². The summed E-state index contributed by atoms with van der Waals surface area (Å²) in [7, 11) is 3.51. The van der Waals surface area contributed by atoms with Gasteiger partial charge in [-0.05, 0) is 48.3 Å². The van der Waals surface area contributed by atoms with E-state index >= 15 is 0 Å². The number of hydrogen-bond acceptors (Lipinski definition) is 7. The van der Waals surface area contributed by atoms with Gasteiger partial charge < -0.3 is 14.6 Å². The maximum atomic E-state index is 12.8. The Labute approximate surface area is 214 Å². The van der Waals surface area contributed by atoms with Crippen molar-refractivity contribution in [3.8, 4) is 23.2 Å². The Morgan fingerprint density at radius 1 is 1.40 bits per heavy atom. The van der Waals surface area contributed by atoms with Crippen LogP contribution in [-0.4, -0.2) is 33.5 Å². The fourth-order valence-corrected chi connectivity index (χ4v) is 6.50. The molecule has 4 rings (SSSR count). The molecule has 1 amide bonds. The van der Waals surface area contributed by atoms with Gasteiger partial charge in [-0.1, -0.05) is 51.1 Å². The van der Waals surface area contributed by atoms with Gasteiger partial charge in [0.2, 0.25) is 5.91 Å². The van der Waals surface area contributed by atoms with E-state index in [-0.39, 0.29) is 17.1 Å². The van der Waals surface area contributed by atoms with Crippen LogP contribution < -0.4 is 10.1 Å². The van der Waals surface area contributed by atoms with E-state index in [4.69, 9.17) is 4.74 Å². The molecule has 1 atom stereocenters. The van der Waals surface area contributed by atoms with Crippen LogP contribution in [0.25, 0.3) is 11.4 Å². The Hall–Kier alpha value is -2.83. The Morgan fingerprint density at radius 3 is 2.91 bits per heavy atom. The van der Waals surface area contributed by atoms with Crippen molar-refractivity contribution in [2.24, 2.45) is 18.4 Å². The molecule has 0 fully saturated rings. The largest absolute Gasteiger partial charge is 0.497 e. The summed E-state index contributed by atoms with van der Waals surface area (Å²) in [6.45, 7) is 6.89. The fourth-order valence-electron chi connectivity index (χ4n) is 4.49.